The Kier molecular flexibility index (Phi) is 4.04. The summed E-state index contributed by atoms with van der Waals surface area (Å²) in [6.45, 7) is 0.584. The maximum Gasteiger partial charge on any atom is 0.224 e. The van der Waals surface area contributed by atoms with Crippen LogP contribution in [0.25, 0.3) is 0 Å². The lowest BCUT2D eigenvalue weighted by molar-refractivity contribution is -0.123. The third kappa shape index (κ3) is 2.93. The molecule has 1 fully saturated rings. The lowest BCUT2D eigenvalue weighted by Gasteiger charge is -2.27. The number of halogens is 2. The first kappa shape index (κ1) is 15.6. The van der Waals surface area contributed by atoms with Gasteiger partial charge in [0.1, 0.15) is 11.6 Å². The quantitative estimate of drug-likeness (QED) is 0.847. The summed E-state index contributed by atoms with van der Waals surface area (Å²) in [5.74, 6) is 0.448. The Bertz CT molecular complexity index is 795. The molecule has 3 atom stereocenters. The number of fused-ring (bicyclic) bond motifs is 1. The summed E-state index contributed by atoms with van der Waals surface area (Å²) in [7, 11) is 0. The lowest BCUT2D eigenvalue weighted by atomic mass is 10.00. The number of hydrogen-bond donors (Lipinski definition) is 1. The van der Waals surface area contributed by atoms with Gasteiger partial charge in [-0.2, -0.15) is 0 Å². The molecule has 124 valence electrons. The van der Waals surface area contributed by atoms with Gasteiger partial charge in [0.2, 0.25) is 5.91 Å². The molecule has 0 bridgehead atoms. The minimum absolute atomic E-state index is 0.000999. The maximum absolute atomic E-state index is 13.9. The van der Waals surface area contributed by atoms with Crippen LogP contribution in [-0.2, 0) is 4.79 Å². The highest BCUT2D eigenvalue weighted by molar-refractivity contribution is 9.10. The van der Waals surface area contributed by atoms with Crippen LogP contribution in [0.1, 0.15) is 35.9 Å². The highest BCUT2D eigenvalue weighted by Gasteiger charge is 2.45. The van der Waals surface area contributed by atoms with Crippen LogP contribution in [0.4, 0.5) is 4.39 Å². The largest absolute Gasteiger partial charge is 0.493 e. The number of nitrogens with one attached hydrogen (secondary N) is 1. The van der Waals surface area contributed by atoms with E-state index in [-0.39, 0.29) is 29.6 Å². The second-order valence-corrected chi connectivity index (χ2v) is 7.27. The van der Waals surface area contributed by atoms with E-state index in [2.05, 4.69) is 21.2 Å². The van der Waals surface area contributed by atoms with Gasteiger partial charge < -0.3 is 10.1 Å². The predicted molar refractivity (Wildman–Crippen MR) is 92.4 cm³/mol. The molecular weight excluding hydrogens is 373 g/mol. The third-order valence-corrected chi connectivity index (χ3v) is 5.25. The van der Waals surface area contributed by atoms with Crippen molar-refractivity contribution in [1.82, 2.24) is 5.32 Å². The molecule has 5 heteroatoms. The van der Waals surface area contributed by atoms with E-state index in [0.717, 1.165) is 22.2 Å². The SMILES string of the molecule is O=C(NC1CCOc2ccc(Br)cc21)C1CC1c1ccccc1F. The average molecular weight is 390 g/mol. The van der Waals surface area contributed by atoms with Gasteiger partial charge in [-0.25, -0.2) is 4.39 Å². The van der Waals surface area contributed by atoms with Gasteiger partial charge in [0.25, 0.3) is 0 Å². The minimum Gasteiger partial charge on any atom is -0.493 e. The normalized spacial score (nSPS) is 24.7. The Morgan fingerprint density at radius 2 is 2.04 bits per heavy atom. The molecule has 2 aromatic rings. The summed E-state index contributed by atoms with van der Waals surface area (Å²) in [6, 6.07) is 12.5. The molecule has 0 aromatic heterocycles. The lowest BCUT2D eigenvalue weighted by Crippen LogP contribution is -2.33. The Morgan fingerprint density at radius 3 is 2.88 bits per heavy atom. The van der Waals surface area contributed by atoms with Crippen molar-refractivity contribution in [1.29, 1.82) is 0 Å². The van der Waals surface area contributed by atoms with E-state index in [1.165, 1.54) is 6.07 Å². The van der Waals surface area contributed by atoms with Crippen molar-refractivity contribution in [3.63, 3.8) is 0 Å². The molecule has 0 spiro atoms. The maximum atomic E-state index is 13.9. The Hall–Kier alpha value is -1.88. The molecule has 3 unspecified atom stereocenters. The fraction of sp³-hybridized carbons (Fsp3) is 0.316. The van der Waals surface area contributed by atoms with Gasteiger partial charge in [-0.05, 0) is 42.2 Å². The molecule has 1 aliphatic carbocycles. The number of benzene rings is 2. The zero-order valence-corrected chi connectivity index (χ0v) is 14.6. The number of hydrogen-bond acceptors (Lipinski definition) is 2. The van der Waals surface area contributed by atoms with Crippen LogP contribution in [0.3, 0.4) is 0 Å². The number of carbonyl (C=O) groups is 1. The van der Waals surface area contributed by atoms with Gasteiger partial charge in [0.05, 0.1) is 12.6 Å². The van der Waals surface area contributed by atoms with Gasteiger partial charge >= 0.3 is 0 Å². The first-order valence-electron chi connectivity index (χ1n) is 8.10. The highest BCUT2D eigenvalue weighted by atomic mass is 79.9. The van der Waals surface area contributed by atoms with Crippen LogP contribution < -0.4 is 10.1 Å². The first-order valence-corrected chi connectivity index (χ1v) is 8.90. The van der Waals surface area contributed by atoms with E-state index >= 15 is 0 Å². The van der Waals surface area contributed by atoms with E-state index in [9.17, 15) is 9.18 Å². The molecule has 1 N–H and O–H groups in total. The molecular formula is C19H17BrFNO2. The van der Waals surface area contributed by atoms with Gasteiger partial charge in [-0.1, -0.05) is 34.1 Å². The summed E-state index contributed by atoms with van der Waals surface area (Å²) < 4.78 is 20.5. The standard InChI is InChI=1S/C19H17BrFNO2/c20-11-5-6-18-15(9-11)17(7-8-24-18)22-19(23)14-10-13(14)12-3-1-2-4-16(12)21/h1-6,9,13-14,17H,7-8,10H2,(H,22,23). The monoisotopic (exact) mass is 389 g/mol. The first-order chi connectivity index (χ1) is 11.6. The van der Waals surface area contributed by atoms with Crippen LogP contribution in [0.5, 0.6) is 5.75 Å². The molecule has 2 aromatic carbocycles. The number of rotatable bonds is 3. The zero-order valence-electron chi connectivity index (χ0n) is 13.0. The molecule has 4 rings (SSSR count). The Morgan fingerprint density at radius 1 is 1.21 bits per heavy atom. The van der Waals surface area contributed by atoms with Crippen molar-refractivity contribution >= 4 is 21.8 Å². The van der Waals surface area contributed by atoms with Crippen molar-refractivity contribution in [3.8, 4) is 5.75 Å². The Balaban J connectivity index is 1.47. The number of amides is 1. The van der Waals surface area contributed by atoms with Crippen molar-refractivity contribution < 1.29 is 13.9 Å². The third-order valence-electron chi connectivity index (χ3n) is 4.76. The van der Waals surface area contributed by atoms with Gasteiger partial charge in [-0.15, -0.1) is 0 Å². The second kappa shape index (κ2) is 6.20. The zero-order chi connectivity index (χ0) is 16.7. The van der Waals surface area contributed by atoms with E-state index < -0.39 is 0 Å². The summed E-state index contributed by atoms with van der Waals surface area (Å²) in [5, 5.41) is 3.12. The summed E-state index contributed by atoms with van der Waals surface area (Å²) in [5.41, 5.74) is 1.64. The van der Waals surface area contributed by atoms with Crippen LogP contribution >= 0.6 is 15.9 Å². The van der Waals surface area contributed by atoms with Crippen molar-refractivity contribution in [2.24, 2.45) is 5.92 Å². The van der Waals surface area contributed by atoms with Crippen LogP contribution in [0.2, 0.25) is 0 Å². The van der Waals surface area contributed by atoms with E-state index in [1.54, 1.807) is 12.1 Å². The summed E-state index contributed by atoms with van der Waals surface area (Å²) in [6.07, 6.45) is 1.45. The average Bonchev–Trinajstić information content (AvgIpc) is 3.36. The van der Waals surface area contributed by atoms with E-state index in [1.807, 2.05) is 24.3 Å². The van der Waals surface area contributed by atoms with Crippen molar-refractivity contribution in [2.45, 2.75) is 24.8 Å². The van der Waals surface area contributed by atoms with Crippen molar-refractivity contribution in [3.05, 3.63) is 63.9 Å². The van der Waals surface area contributed by atoms with Crippen LogP contribution in [0.15, 0.2) is 46.9 Å². The summed E-state index contributed by atoms with van der Waals surface area (Å²) in [4.78, 5) is 12.6. The molecule has 3 nitrogen and oxygen atoms in total. The van der Waals surface area contributed by atoms with E-state index in [0.29, 0.717) is 18.6 Å². The molecule has 1 heterocycles. The summed E-state index contributed by atoms with van der Waals surface area (Å²) >= 11 is 3.46. The van der Waals surface area contributed by atoms with Gasteiger partial charge in [0, 0.05) is 22.4 Å². The molecule has 0 saturated heterocycles. The minimum atomic E-state index is -0.224. The molecule has 1 saturated carbocycles. The number of ether oxygens (including phenoxy) is 1. The molecule has 2 aliphatic rings. The molecule has 1 amide bonds. The highest BCUT2D eigenvalue weighted by Crippen LogP contribution is 2.48. The fourth-order valence-corrected chi connectivity index (χ4v) is 3.78. The van der Waals surface area contributed by atoms with Crippen molar-refractivity contribution in [2.75, 3.05) is 6.61 Å². The van der Waals surface area contributed by atoms with E-state index in [4.69, 9.17) is 4.74 Å². The topological polar surface area (TPSA) is 38.3 Å². The Labute approximate surface area is 148 Å². The second-order valence-electron chi connectivity index (χ2n) is 6.35. The predicted octanol–water partition coefficient (Wildman–Crippen LogP) is 4.33. The van der Waals surface area contributed by atoms with Gasteiger partial charge in [0.15, 0.2) is 0 Å². The number of carbonyl (C=O) groups excluding carboxylic acids is 1. The molecule has 1 aliphatic heterocycles. The molecule has 24 heavy (non-hydrogen) atoms. The molecule has 0 radical (unpaired) electrons. The van der Waals surface area contributed by atoms with Crippen LogP contribution in [-0.4, -0.2) is 12.5 Å². The fourth-order valence-electron chi connectivity index (χ4n) is 3.40. The smallest absolute Gasteiger partial charge is 0.224 e. The van der Waals surface area contributed by atoms with Crippen LogP contribution in [0, 0.1) is 11.7 Å². The van der Waals surface area contributed by atoms with Gasteiger partial charge in [-0.3, -0.25) is 4.79 Å².